The minimum atomic E-state index is -0.216. The molecule has 1 N–H and O–H groups in total. The van der Waals surface area contributed by atoms with Crippen molar-refractivity contribution >= 4 is 12.1 Å². The quantitative estimate of drug-likeness (QED) is 0.644. The van der Waals surface area contributed by atoms with Crippen molar-refractivity contribution in [3.05, 3.63) is 24.2 Å². The summed E-state index contributed by atoms with van der Waals surface area (Å²) in [4.78, 5) is 20.7. The molecule has 2 aliphatic rings. The number of aliphatic imine (C=N–C) groups is 1. The molecule has 1 aliphatic heterocycles. The summed E-state index contributed by atoms with van der Waals surface area (Å²) in [7, 11) is 0. The molecule has 0 bridgehead atoms. The lowest BCUT2D eigenvalue weighted by Crippen LogP contribution is -2.55. The second-order valence-corrected chi connectivity index (χ2v) is 6.83. The number of nitrogens with zero attached hydrogens (tertiary/aromatic N) is 3. The molecule has 0 spiro atoms. The third-order valence-corrected chi connectivity index (χ3v) is 4.99. The van der Waals surface area contributed by atoms with Gasteiger partial charge in [0, 0.05) is 45.2 Å². The minimum Gasteiger partial charge on any atom is -0.469 e. The molecule has 1 aromatic heterocycles. The van der Waals surface area contributed by atoms with E-state index >= 15 is 0 Å². The molecule has 26 heavy (non-hydrogen) atoms. The summed E-state index contributed by atoms with van der Waals surface area (Å²) in [5.41, 5.74) is 0. The molecule has 1 amide bonds. The maximum absolute atomic E-state index is 11.9. The lowest BCUT2D eigenvalue weighted by Gasteiger charge is -2.36. The van der Waals surface area contributed by atoms with Gasteiger partial charge in [-0.3, -0.25) is 4.99 Å². The standard InChI is InChI=1S/C19H30N4O3/c1-2-25-19(24)23-13-11-22(12-14-23)18(21-16-6-3-4-7-16)20-10-9-17-8-5-15-26-17/h5,8,15-16H,2-4,6-7,9-14H2,1H3,(H,20,21). The summed E-state index contributed by atoms with van der Waals surface area (Å²) in [5, 5.41) is 3.65. The highest BCUT2D eigenvalue weighted by Crippen LogP contribution is 2.18. The highest BCUT2D eigenvalue weighted by molar-refractivity contribution is 5.80. The van der Waals surface area contributed by atoms with Crippen molar-refractivity contribution in [3.63, 3.8) is 0 Å². The van der Waals surface area contributed by atoms with Gasteiger partial charge < -0.3 is 24.3 Å². The van der Waals surface area contributed by atoms with Crippen LogP contribution in [0.1, 0.15) is 38.4 Å². The Kier molecular flexibility index (Phi) is 6.80. The molecule has 0 unspecified atom stereocenters. The van der Waals surface area contributed by atoms with Gasteiger partial charge in [0.2, 0.25) is 0 Å². The van der Waals surface area contributed by atoms with E-state index in [9.17, 15) is 4.79 Å². The van der Waals surface area contributed by atoms with Crippen LogP contribution in [0.25, 0.3) is 0 Å². The van der Waals surface area contributed by atoms with Gasteiger partial charge in [-0.15, -0.1) is 0 Å². The molecule has 7 heteroatoms. The first kappa shape index (κ1) is 18.6. The number of hydrogen-bond acceptors (Lipinski definition) is 4. The summed E-state index contributed by atoms with van der Waals surface area (Å²) in [6.07, 6.45) is 7.27. The second-order valence-electron chi connectivity index (χ2n) is 6.83. The van der Waals surface area contributed by atoms with Gasteiger partial charge in [-0.1, -0.05) is 12.8 Å². The van der Waals surface area contributed by atoms with Gasteiger partial charge >= 0.3 is 6.09 Å². The van der Waals surface area contributed by atoms with E-state index in [1.165, 1.54) is 25.7 Å². The van der Waals surface area contributed by atoms with E-state index in [0.717, 1.165) is 31.2 Å². The van der Waals surface area contributed by atoms with Crippen molar-refractivity contribution in [1.82, 2.24) is 15.1 Å². The van der Waals surface area contributed by atoms with Gasteiger partial charge in [-0.25, -0.2) is 4.79 Å². The number of furan rings is 1. The summed E-state index contributed by atoms with van der Waals surface area (Å²) >= 11 is 0. The fraction of sp³-hybridized carbons (Fsp3) is 0.684. The van der Waals surface area contributed by atoms with Crippen LogP contribution in [0.5, 0.6) is 0 Å². The third-order valence-electron chi connectivity index (χ3n) is 4.99. The number of nitrogens with one attached hydrogen (secondary N) is 1. The molecule has 0 atom stereocenters. The molecular weight excluding hydrogens is 332 g/mol. The molecular formula is C19H30N4O3. The summed E-state index contributed by atoms with van der Waals surface area (Å²) in [5.74, 6) is 1.92. The van der Waals surface area contributed by atoms with Crippen LogP contribution < -0.4 is 5.32 Å². The molecule has 144 valence electrons. The van der Waals surface area contributed by atoms with Crippen molar-refractivity contribution in [2.75, 3.05) is 39.3 Å². The molecule has 1 aliphatic carbocycles. The third kappa shape index (κ3) is 5.16. The zero-order valence-corrected chi connectivity index (χ0v) is 15.7. The number of carbonyl (C=O) groups is 1. The molecule has 1 aromatic rings. The van der Waals surface area contributed by atoms with Crippen LogP contribution in [0, 0.1) is 0 Å². The highest BCUT2D eigenvalue weighted by atomic mass is 16.6. The van der Waals surface area contributed by atoms with E-state index in [-0.39, 0.29) is 6.09 Å². The Morgan fingerprint density at radius 2 is 2.00 bits per heavy atom. The van der Waals surface area contributed by atoms with E-state index in [4.69, 9.17) is 14.1 Å². The predicted octanol–water partition coefficient (Wildman–Crippen LogP) is 2.48. The van der Waals surface area contributed by atoms with Gasteiger partial charge in [-0.2, -0.15) is 0 Å². The van der Waals surface area contributed by atoms with Crippen LogP contribution in [0.4, 0.5) is 4.79 Å². The zero-order chi connectivity index (χ0) is 18.2. The Balaban J connectivity index is 1.56. The van der Waals surface area contributed by atoms with E-state index in [1.54, 1.807) is 11.2 Å². The highest BCUT2D eigenvalue weighted by Gasteiger charge is 2.25. The van der Waals surface area contributed by atoms with Crippen LogP contribution in [-0.2, 0) is 11.2 Å². The first-order valence-electron chi connectivity index (χ1n) is 9.76. The van der Waals surface area contributed by atoms with Crippen molar-refractivity contribution in [1.29, 1.82) is 0 Å². The summed E-state index contributed by atoms with van der Waals surface area (Å²) in [6.45, 7) is 5.84. The number of carbonyl (C=O) groups excluding carboxylic acids is 1. The van der Waals surface area contributed by atoms with Gasteiger partial charge in [0.1, 0.15) is 5.76 Å². The van der Waals surface area contributed by atoms with Crippen molar-refractivity contribution in [3.8, 4) is 0 Å². The number of piperazine rings is 1. The molecule has 3 rings (SSSR count). The molecule has 0 aromatic carbocycles. The maximum atomic E-state index is 11.9. The lowest BCUT2D eigenvalue weighted by molar-refractivity contribution is 0.0913. The van der Waals surface area contributed by atoms with Crippen LogP contribution in [0.2, 0.25) is 0 Å². The number of hydrogen-bond donors (Lipinski definition) is 1. The maximum Gasteiger partial charge on any atom is 0.409 e. The van der Waals surface area contributed by atoms with Gasteiger partial charge in [0.05, 0.1) is 12.9 Å². The van der Waals surface area contributed by atoms with Crippen molar-refractivity contribution in [2.45, 2.75) is 45.1 Å². The van der Waals surface area contributed by atoms with E-state index < -0.39 is 0 Å². The summed E-state index contributed by atoms with van der Waals surface area (Å²) in [6, 6.07) is 4.41. The average Bonchev–Trinajstić information content (AvgIpc) is 3.35. The Morgan fingerprint density at radius 1 is 1.27 bits per heavy atom. The predicted molar refractivity (Wildman–Crippen MR) is 100 cm³/mol. The molecule has 1 saturated heterocycles. The molecule has 7 nitrogen and oxygen atoms in total. The summed E-state index contributed by atoms with van der Waals surface area (Å²) < 4.78 is 10.5. The van der Waals surface area contributed by atoms with Gasteiger partial charge in [0.15, 0.2) is 5.96 Å². The second kappa shape index (κ2) is 9.50. The SMILES string of the molecule is CCOC(=O)N1CCN(C(=NCCc2ccco2)NC2CCCC2)CC1. The number of guanidine groups is 1. The fourth-order valence-corrected chi connectivity index (χ4v) is 3.53. The Labute approximate surface area is 155 Å². The Morgan fingerprint density at radius 3 is 2.65 bits per heavy atom. The minimum absolute atomic E-state index is 0.216. The average molecular weight is 362 g/mol. The molecule has 2 fully saturated rings. The topological polar surface area (TPSA) is 70.3 Å². The first-order chi connectivity index (χ1) is 12.8. The number of rotatable bonds is 5. The van der Waals surface area contributed by atoms with E-state index in [2.05, 4.69) is 10.2 Å². The Hall–Kier alpha value is -2.18. The van der Waals surface area contributed by atoms with Crippen LogP contribution in [0.15, 0.2) is 27.8 Å². The lowest BCUT2D eigenvalue weighted by atomic mass is 10.2. The number of ether oxygens (including phenoxy) is 1. The molecule has 2 heterocycles. The fourth-order valence-electron chi connectivity index (χ4n) is 3.53. The zero-order valence-electron chi connectivity index (χ0n) is 15.7. The van der Waals surface area contributed by atoms with E-state index in [1.807, 2.05) is 19.1 Å². The van der Waals surface area contributed by atoms with E-state index in [0.29, 0.717) is 32.3 Å². The largest absolute Gasteiger partial charge is 0.469 e. The van der Waals surface area contributed by atoms with Crippen LogP contribution in [-0.4, -0.2) is 67.2 Å². The van der Waals surface area contributed by atoms with Gasteiger partial charge in [-0.05, 0) is 31.9 Å². The molecule has 1 saturated carbocycles. The molecule has 0 radical (unpaired) electrons. The normalized spacial score (nSPS) is 19.0. The van der Waals surface area contributed by atoms with Crippen LogP contribution >= 0.6 is 0 Å². The van der Waals surface area contributed by atoms with Crippen molar-refractivity contribution < 1.29 is 13.9 Å². The first-order valence-corrected chi connectivity index (χ1v) is 9.76. The monoisotopic (exact) mass is 362 g/mol. The Bertz CT molecular complexity index is 574. The van der Waals surface area contributed by atoms with Crippen molar-refractivity contribution in [2.24, 2.45) is 4.99 Å². The smallest absolute Gasteiger partial charge is 0.409 e. The number of amides is 1. The van der Waals surface area contributed by atoms with Gasteiger partial charge in [0.25, 0.3) is 0 Å². The van der Waals surface area contributed by atoms with Crippen LogP contribution in [0.3, 0.4) is 0 Å².